The molecule has 2 heterocycles. The van der Waals surface area contributed by atoms with Crippen molar-refractivity contribution in [3.05, 3.63) is 22.6 Å². The Morgan fingerprint density at radius 3 is 2.70 bits per heavy atom. The number of aliphatic hydroxyl groups is 2. The molecule has 1 aromatic rings. The van der Waals surface area contributed by atoms with E-state index in [1.807, 2.05) is 20.8 Å². The van der Waals surface area contributed by atoms with E-state index in [4.69, 9.17) is 9.84 Å². The first-order valence-corrected chi connectivity index (χ1v) is 6.68. The fraction of sp³-hybridized carbons (Fsp3) is 0.769. The standard InChI is InChI=1S/C13H21N3O4/c1-13(2,3)5-10-14-7-16(12(19)15-10)11-4-8(18)9(6-17)20-11/h7-9,11,17-18H,4-6H2,1-3H3/t8-,9+,11+/m0/s1. The molecule has 2 N–H and O–H groups in total. The summed E-state index contributed by atoms with van der Waals surface area (Å²) >= 11 is 0. The highest BCUT2D eigenvalue weighted by molar-refractivity contribution is 4.90. The van der Waals surface area contributed by atoms with Gasteiger partial charge in [0.25, 0.3) is 0 Å². The van der Waals surface area contributed by atoms with Crippen LogP contribution in [0.1, 0.15) is 39.2 Å². The van der Waals surface area contributed by atoms with Crippen molar-refractivity contribution in [2.45, 2.75) is 52.0 Å². The maximum absolute atomic E-state index is 12.0. The quantitative estimate of drug-likeness (QED) is 0.802. The Morgan fingerprint density at radius 2 is 2.20 bits per heavy atom. The number of nitrogens with zero attached hydrogens (tertiary/aromatic N) is 3. The highest BCUT2D eigenvalue weighted by atomic mass is 16.5. The second-order valence-electron chi connectivity index (χ2n) is 6.31. The Balaban J connectivity index is 2.17. The van der Waals surface area contributed by atoms with Crippen molar-refractivity contribution in [1.82, 2.24) is 14.5 Å². The van der Waals surface area contributed by atoms with Crippen molar-refractivity contribution in [3.8, 4) is 0 Å². The van der Waals surface area contributed by atoms with Crippen LogP contribution in [-0.4, -0.2) is 43.6 Å². The van der Waals surface area contributed by atoms with Gasteiger partial charge in [-0.25, -0.2) is 9.78 Å². The Kier molecular flexibility index (Phi) is 4.22. The van der Waals surface area contributed by atoms with Crippen molar-refractivity contribution in [2.24, 2.45) is 5.41 Å². The van der Waals surface area contributed by atoms with Gasteiger partial charge in [-0.3, -0.25) is 4.57 Å². The molecule has 1 aliphatic heterocycles. The summed E-state index contributed by atoms with van der Waals surface area (Å²) in [6.07, 6.45) is 0.169. The van der Waals surface area contributed by atoms with Crippen molar-refractivity contribution >= 4 is 0 Å². The Morgan fingerprint density at radius 1 is 1.50 bits per heavy atom. The zero-order chi connectivity index (χ0) is 14.9. The molecule has 0 amide bonds. The molecule has 7 heteroatoms. The van der Waals surface area contributed by atoms with Crippen LogP contribution in [0.15, 0.2) is 11.1 Å². The molecule has 3 atom stereocenters. The molecular weight excluding hydrogens is 262 g/mol. The lowest BCUT2D eigenvalue weighted by Crippen LogP contribution is -2.30. The third-order valence-electron chi connectivity index (χ3n) is 3.16. The molecule has 0 spiro atoms. The molecule has 112 valence electrons. The third-order valence-corrected chi connectivity index (χ3v) is 3.16. The van der Waals surface area contributed by atoms with Gasteiger partial charge >= 0.3 is 5.69 Å². The Labute approximate surface area is 117 Å². The molecule has 7 nitrogen and oxygen atoms in total. The SMILES string of the molecule is CC(C)(C)Cc1ncn([C@H]2C[C@H](O)[C@@H](CO)O2)c(=O)n1. The number of ether oxygens (including phenoxy) is 1. The summed E-state index contributed by atoms with van der Waals surface area (Å²) in [7, 11) is 0. The average molecular weight is 283 g/mol. The van der Waals surface area contributed by atoms with Crippen LogP contribution >= 0.6 is 0 Å². The van der Waals surface area contributed by atoms with E-state index in [1.165, 1.54) is 10.9 Å². The van der Waals surface area contributed by atoms with Crippen LogP contribution in [0.4, 0.5) is 0 Å². The number of hydrogen-bond acceptors (Lipinski definition) is 6. The zero-order valence-electron chi connectivity index (χ0n) is 12.0. The van der Waals surface area contributed by atoms with E-state index in [-0.39, 0.29) is 18.4 Å². The van der Waals surface area contributed by atoms with Crippen molar-refractivity contribution < 1.29 is 14.9 Å². The lowest BCUT2D eigenvalue weighted by Gasteiger charge is -2.17. The molecule has 0 radical (unpaired) electrons. The van der Waals surface area contributed by atoms with Crippen LogP contribution in [0.3, 0.4) is 0 Å². The summed E-state index contributed by atoms with van der Waals surface area (Å²) in [4.78, 5) is 20.1. The van der Waals surface area contributed by atoms with Crippen LogP contribution < -0.4 is 5.69 Å². The van der Waals surface area contributed by atoms with Crippen LogP contribution in [0.2, 0.25) is 0 Å². The van der Waals surface area contributed by atoms with E-state index < -0.39 is 24.1 Å². The number of rotatable bonds is 3. The Bertz CT molecular complexity index is 523. The second kappa shape index (κ2) is 5.59. The summed E-state index contributed by atoms with van der Waals surface area (Å²) in [5.41, 5.74) is -0.448. The molecule has 2 rings (SSSR count). The predicted molar refractivity (Wildman–Crippen MR) is 71.1 cm³/mol. The van der Waals surface area contributed by atoms with E-state index in [0.717, 1.165) is 0 Å². The first-order chi connectivity index (χ1) is 9.30. The van der Waals surface area contributed by atoms with Crippen LogP contribution in [0, 0.1) is 5.41 Å². The summed E-state index contributed by atoms with van der Waals surface area (Å²) < 4.78 is 6.67. The van der Waals surface area contributed by atoms with Gasteiger partial charge < -0.3 is 14.9 Å². The average Bonchev–Trinajstić information content (AvgIpc) is 2.68. The zero-order valence-corrected chi connectivity index (χ0v) is 12.0. The van der Waals surface area contributed by atoms with Crippen molar-refractivity contribution in [1.29, 1.82) is 0 Å². The molecule has 0 aromatic carbocycles. The molecule has 0 saturated carbocycles. The topological polar surface area (TPSA) is 97.5 Å². The molecule has 0 aliphatic carbocycles. The normalized spacial score (nSPS) is 26.9. The molecule has 1 saturated heterocycles. The molecule has 1 aromatic heterocycles. The van der Waals surface area contributed by atoms with Crippen LogP contribution in [0.25, 0.3) is 0 Å². The smallest absolute Gasteiger partial charge is 0.352 e. The van der Waals surface area contributed by atoms with Crippen molar-refractivity contribution in [3.63, 3.8) is 0 Å². The number of hydrogen-bond donors (Lipinski definition) is 2. The third kappa shape index (κ3) is 3.41. The fourth-order valence-electron chi connectivity index (χ4n) is 2.18. The predicted octanol–water partition coefficient (Wildman–Crippen LogP) is -0.132. The van der Waals surface area contributed by atoms with E-state index >= 15 is 0 Å². The van der Waals surface area contributed by atoms with Gasteiger partial charge in [0.05, 0.1) is 12.7 Å². The largest absolute Gasteiger partial charge is 0.394 e. The lowest BCUT2D eigenvalue weighted by molar-refractivity contribution is -0.0463. The first-order valence-electron chi connectivity index (χ1n) is 6.68. The summed E-state index contributed by atoms with van der Waals surface area (Å²) in [6, 6.07) is 0. The highest BCUT2D eigenvalue weighted by Gasteiger charge is 2.35. The van der Waals surface area contributed by atoms with E-state index in [2.05, 4.69) is 9.97 Å². The van der Waals surface area contributed by atoms with Crippen LogP contribution in [-0.2, 0) is 11.2 Å². The minimum Gasteiger partial charge on any atom is -0.394 e. The van der Waals surface area contributed by atoms with Crippen LogP contribution in [0.5, 0.6) is 0 Å². The van der Waals surface area contributed by atoms with E-state index in [1.54, 1.807) is 0 Å². The fourth-order valence-corrected chi connectivity index (χ4v) is 2.18. The summed E-state index contributed by atoms with van der Waals surface area (Å²) in [6.45, 7) is 5.86. The maximum Gasteiger partial charge on any atom is 0.352 e. The molecule has 20 heavy (non-hydrogen) atoms. The van der Waals surface area contributed by atoms with Gasteiger partial charge in [0.2, 0.25) is 0 Å². The van der Waals surface area contributed by atoms with E-state index in [0.29, 0.717) is 12.2 Å². The molecule has 1 fully saturated rings. The molecular formula is C13H21N3O4. The molecule has 0 unspecified atom stereocenters. The molecule has 0 bridgehead atoms. The highest BCUT2D eigenvalue weighted by Crippen LogP contribution is 2.27. The lowest BCUT2D eigenvalue weighted by atomic mass is 9.92. The van der Waals surface area contributed by atoms with E-state index in [9.17, 15) is 9.90 Å². The monoisotopic (exact) mass is 283 g/mol. The van der Waals surface area contributed by atoms with Gasteiger partial charge in [-0.05, 0) is 5.41 Å². The minimum atomic E-state index is -0.786. The minimum absolute atomic E-state index is 0.000654. The second-order valence-corrected chi connectivity index (χ2v) is 6.31. The van der Waals surface area contributed by atoms with Gasteiger partial charge in [-0.1, -0.05) is 20.8 Å². The summed E-state index contributed by atoms with van der Waals surface area (Å²) in [5.74, 6) is 0.496. The van der Waals surface area contributed by atoms with Gasteiger partial charge in [0.15, 0.2) is 0 Å². The van der Waals surface area contributed by atoms with Gasteiger partial charge in [0.1, 0.15) is 24.5 Å². The number of aromatic nitrogens is 3. The Hall–Kier alpha value is -1.31. The first kappa shape index (κ1) is 15.1. The summed E-state index contributed by atoms with van der Waals surface area (Å²) in [5, 5.41) is 18.7. The molecule has 1 aliphatic rings. The maximum atomic E-state index is 12.0. The van der Waals surface area contributed by atoms with Crippen molar-refractivity contribution in [2.75, 3.05) is 6.61 Å². The number of aliphatic hydroxyl groups excluding tert-OH is 2. The van der Waals surface area contributed by atoms with Gasteiger partial charge in [-0.2, -0.15) is 4.98 Å². The van der Waals surface area contributed by atoms with Gasteiger partial charge in [-0.15, -0.1) is 0 Å². The van der Waals surface area contributed by atoms with Gasteiger partial charge in [0, 0.05) is 12.8 Å².